The van der Waals surface area contributed by atoms with Gasteiger partial charge in [-0.3, -0.25) is 9.48 Å². The molecular weight excluding hydrogens is 238 g/mol. The van der Waals surface area contributed by atoms with Gasteiger partial charge >= 0.3 is 0 Å². The van der Waals surface area contributed by atoms with Gasteiger partial charge in [0, 0.05) is 13.0 Å². The maximum atomic E-state index is 12.5. The molecule has 2 unspecified atom stereocenters. The third-order valence-electron chi connectivity index (χ3n) is 3.68. The highest BCUT2D eigenvalue weighted by Crippen LogP contribution is 2.33. The van der Waals surface area contributed by atoms with Crippen LogP contribution in [-0.2, 0) is 7.05 Å². The zero-order chi connectivity index (χ0) is 12.4. The van der Waals surface area contributed by atoms with Crippen LogP contribution in [0.2, 0.25) is 5.02 Å². The molecule has 0 saturated heterocycles. The second kappa shape index (κ2) is 5.19. The van der Waals surface area contributed by atoms with Crippen LogP contribution in [0, 0.1) is 11.8 Å². The molecule has 2 rings (SSSR count). The summed E-state index contributed by atoms with van der Waals surface area (Å²) >= 11 is 6.01. The number of hydrogen-bond donors (Lipinski definition) is 1. The number of aryl methyl sites for hydroxylation is 1. The van der Waals surface area contributed by atoms with Gasteiger partial charge in [0.15, 0.2) is 5.78 Å². The number of aromatic nitrogens is 2. The van der Waals surface area contributed by atoms with Crippen molar-refractivity contribution in [3.05, 3.63) is 16.9 Å². The summed E-state index contributed by atoms with van der Waals surface area (Å²) < 4.78 is 1.56. The third-order valence-corrected chi connectivity index (χ3v) is 3.95. The lowest BCUT2D eigenvalue weighted by Gasteiger charge is -2.29. The molecule has 0 aliphatic heterocycles. The maximum absolute atomic E-state index is 12.5. The molecule has 0 spiro atoms. The van der Waals surface area contributed by atoms with Gasteiger partial charge in [0.05, 0.1) is 11.2 Å². The Bertz CT molecular complexity index is 396. The Kier molecular flexibility index (Phi) is 3.84. The Balaban J connectivity index is 2.24. The van der Waals surface area contributed by atoms with Gasteiger partial charge in [-0.2, -0.15) is 5.10 Å². The van der Waals surface area contributed by atoms with E-state index in [4.69, 9.17) is 17.3 Å². The molecule has 1 saturated carbocycles. The van der Waals surface area contributed by atoms with Crippen molar-refractivity contribution >= 4 is 17.4 Å². The quantitative estimate of drug-likeness (QED) is 0.841. The molecule has 0 radical (unpaired) electrons. The summed E-state index contributed by atoms with van der Waals surface area (Å²) in [4.78, 5) is 12.5. The lowest BCUT2D eigenvalue weighted by Crippen LogP contribution is -2.33. The SMILES string of the molecule is Cn1ncc(Cl)c1C(=O)C1CCCCC1CN. The number of nitrogens with zero attached hydrogens (tertiary/aromatic N) is 2. The van der Waals surface area contributed by atoms with Crippen molar-refractivity contribution in [2.24, 2.45) is 24.6 Å². The van der Waals surface area contributed by atoms with Crippen LogP contribution in [-0.4, -0.2) is 22.1 Å². The highest BCUT2D eigenvalue weighted by Gasteiger charge is 2.32. The van der Waals surface area contributed by atoms with Crippen LogP contribution in [0.3, 0.4) is 0 Å². The van der Waals surface area contributed by atoms with E-state index in [1.165, 1.54) is 12.6 Å². The average molecular weight is 256 g/mol. The van der Waals surface area contributed by atoms with E-state index >= 15 is 0 Å². The summed E-state index contributed by atoms with van der Waals surface area (Å²) in [5, 5.41) is 4.46. The van der Waals surface area contributed by atoms with Gasteiger partial charge in [0.25, 0.3) is 0 Å². The second-order valence-electron chi connectivity index (χ2n) is 4.72. The van der Waals surface area contributed by atoms with Gasteiger partial charge in [0.1, 0.15) is 5.69 Å². The van der Waals surface area contributed by atoms with Crippen molar-refractivity contribution in [1.82, 2.24) is 9.78 Å². The van der Waals surface area contributed by atoms with Crippen molar-refractivity contribution in [3.63, 3.8) is 0 Å². The Morgan fingerprint density at radius 3 is 2.88 bits per heavy atom. The minimum atomic E-state index is 0.0154. The number of rotatable bonds is 3. The van der Waals surface area contributed by atoms with Crippen LogP contribution in [0.1, 0.15) is 36.2 Å². The normalized spacial score (nSPS) is 24.9. The van der Waals surface area contributed by atoms with E-state index in [1.54, 1.807) is 11.7 Å². The summed E-state index contributed by atoms with van der Waals surface area (Å²) in [6.45, 7) is 0.575. The summed E-state index contributed by atoms with van der Waals surface area (Å²) in [5.41, 5.74) is 6.28. The highest BCUT2D eigenvalue weighted by molar-refractivity contribution is 6.33. The van der Waals surface area contributed by atoms with Gasteiger partial charge in [-0.15, -0.1) is 0 Å². The minimum absolute atomic E-state index is 0.0154. The third kappa shape index (κ3) is 2.38. The second-order valence-corrected chi connectivity index (χ2v) is 5.12. The molecule has 0 amide bonds. The Morgan fingerprint density at radius 1 is 1.59 bits per heavy atom. The van der Waals surface area contributed by atoms with Crippen LogP contribution in [0.4, 0.5) is 0 Å². The van der Waals surface area contributed by atoms with Crippen LogP contribution in [0.15, 0.2) is 6.20 Å². The van der Waals surface area contributed by atoms with Crippen molar-refractivity contribution in [1.29, 1.82) is 0 Å². The first kappa shape index (κ1) is 12.6. The van der Waals surface area contributed by atoms with Crippen molar-refractivity contribution in [3.8, 4) is 0 Å². The molecule has 0 aromatic carbocycles. The molecule has 5 heteroatoms. The fourth-order valence-corrected chi connectivity index (χ4v) is 2.96. The first-order chi connectivity index (χ1) is 8.15. The number of halogens is 1. The lowest BCUT2D eigenvalue weighted by molar-refractivity contribution is 0.0819. The zero-order valence-electron chi connectivity index (χ0n) is 10.0. The summed E-state index contributed by atoms with van der Waals surface area (Å²) in [7, 11) is 1.75. The number of Topliss-reactive ketones (excluding diaryl/α,β-unsaturated/α-hetero) is 1. The molecule has 94 valence electrons. The largest absolute Gasteiger partial charge is 0.330 e. The highest BCUT2D eigenvalue weighted by atomic mass is 35.5. The molecule has 1 aliphatic rings. The van der Waals surface area contributed by atoms with E-state index in [0.717, 1.165) is 19.3 Å². The van der Waals surface area contributed by atoms with Crippen molar-refractivity contribution in [2.45, 2.75) is 25.7 Å². The molecule has 1 fully saturated rings. The van der Waals surface area contributed by atoms with Crippen LogP contribution in [0.25, 0.3) is 0 Å². The minimum Gasteiger partial charge on any atom is -0.330 e. The fraction of sp³-hybridized carbons (Fsp3) is 0.667. The van der Waals surface area contributed by atoms with E-state index in [9.17, 15) is 4.79 Å². The molecule has 2 atom stereocenters. The maximum Gasteiger partial charge on any atom is 0.185 e. The van der Waals surface area contributed by atoms with Crippen LogP contribution >= 0.6 is 11.6 Å². The van der Waals surface area contributed by atoms with E-state index in [-0.39, 0.29) is 11.7 Å². The number of carbonyl (C=O) groups excluding carboxylic acids is 1. The van der Waals surface area contributed by atoms with Gasteiger partial charge in [-0.1, -0.05) is 24.4 Å². The molecular formula is C12H18ClN3O. The summed E-state index contributed by atoms with van der Waals surface area (Å²) in [5.74, 6) is 0.411. The molecule has 1 aromatic rings. The number of nitrogens with two attached hydrogens (primary N) is 1. The van der Waals surface area contributed by atoms with Gasteiger partial charge in [-0.05, 0) is 25.3 Å². The van der Waals surface area contributed by atoms with Crippen LogP contribution < -0.4 is 5.73 Å². The first-order valence-electron chi connectivity index (χ1n) is 6.07. The molecule has 17 heavy (non-hydrogen) atoms. The van der Waals surface area contributed by atoms with Gasteiger partial charge in [-0.25, -0.2) is 0 Å². The van der Waals surface area contributed by atoms with Gasteiger partial charge in [0.2, 0.25) is 0 Å². The zero-order valence-corrected chi connectivity index (χ0v) is 10.8. The molecule has 2 N–H and O–H groups in total. The van der Waals surface area contributed by atoms with E-state index in [0.29, 0.717) is 23.2 Å². The predicted octanol–water partition coefficient (Wildman–Crippen LogP) is 2.02. The van der Waals surface area contributed by atoms with E-state index < -0.39 is 0 Å². The molecule has 1 aromatic heterocycles. The molecule has 1 heterocycles. The molecule has 4 nitrogen and oxygen atoms in total. The number of ketones is 1. The Labute approximate surface area is 106 Å². The summed E-state index contributed by atoms with van der Waals surface area (Å²) in [6.07, 6.45) is 5.76. The lowest BCUT2D eigenvalue weighted by atomic mass is 9.76. The predicted molar refractivity (Wildman–Crippen MR) is 67.1 cm³/mol. The Morgan fingerprint density at radius 2 is 2.29 bits per heavy atom. The Hall–Kier alpha value is -0.870. The summed E-state index contributed by atoms with van der Waals surface area (Å²) in [6, 6.07) is 0. The number of hydrogen-bond acceptors (Lipinski definition) is 3. The van der Waals surface area contributed by atoms with Gasteiger partial charge < -0.3 is 5.73 Å². The monoisotopic (exact) mass is 255 g/mol. The molecule has 0 bridgehead atoms. The standard InChI is InChI=1S/C12H18ClN3O/c1-16-11(10(13)7-15-16)12(17)9-5-3-2-4-8(9)6-14/h7-9H,2-6,14H2,1H3. The smallest absolute Gasteiger partial charge is 0.185 e. The number of carbonyl (C=O) groups is 1. The van der Waals surface area contributed by atoms with E-state index in [1.807, 2.05) is 0 Å². The van der Waals surface area contributed by atoms with Crippen LogP contribution in [0.5, 0.6) is 0 Å². The molecule has 1 aliphatic carbocycles. The fourth-order valence-electron chi connectivity index (χ4n) is 2.70. The topological polar surface area (TPSA) is 60.9 Å². The average Bonchev–Trinajstić information content (AvgIpc) is 2.68. The van der Waals surface area contributed by atoms with Crippen molar-refractivity contribution in [2.75, 3.05) is 6.54 Å². The van der Waals surface area contributed by atoms with E-state index in [2.05, 4.69) is 5.10 Å². The first-order valence-corrected chi connectivity index (χ1v) is 6.44. The van der Waals surface area contributed by atoms with Crippen molar-refractivity contribution < 1.29 is 4.79 Å².